The lowest BCUT2D eigenvalue weighted by Crippen LogP contribution is -2.28. The summed E-state index contributed by atoms with van der Waals surface area (Å²) in [6, 6.07) is 17.5. The molecular formula is C19H23NO. The van der Waals surface area contributed by atoms with Crippen molar-refractivity contribution in [3.63, 3.8) is 0 Å². The third-order valence-corrected chi connectivity index (χ3v) is 4.14. The van der Waals surface area contributed by atoms with Crippen LogP contribution in [0.2, 0.25) is 0 Å². The first-order chi connectivity index (χ1) is 10.3. The summed E-state index contributed by atoms with van der Waals surface area (Å²) in [6.07, 6.45) is 2.34. The van der Waals surface area contributed by atoms with Crippen LogP contribution in [-0.2, 0) is 6.42 Å². The first-order valence-corrected chi connectivity index (χ1v) is 7.85. The SMILES string of the molecule is CCCc1ccc(NC2c3ccccc3OCC2C)cc1. The van der Waals surface area contributed by atoms with Crippen molar-refractivity contribution in [2.75, 3.05) is 11.9 Å². The van der Waals surface area contributed by atoms with Gasteiger partial charge in [-0.15, -0.1) is 0 Å². The Morgan fingerprint density at radius 2 is 1.86 bits per heavy atom. The largest absolute Gasteiger partial charge is 0.493 e. The molecule has 0 bridgehead atoms. The van der Waals surface area contributed by atoms with Gasteiger partial charge in [0.05, 0.1) is 12.6 Å². The second-order valence-corrected chi connectivity index (χ2v) is 5.90. The van der Waals surface area contributed by atoms with Gasteiger partial charge in [-0.25, -0.2) is 0 Å². The van der Waals surface area contributed by atoms with E-state index in [1.165, 1.54) is 23.2 Å². The number of ether oxygens (including phenoxy) is 1. The third-order valence-electron chi connectivity index (χ3n) is 4.14. The van der Waals surface area contributed by atoms with E-state index in [9.17, 15) is 0 Å². The standard InChI is InChI=1S/C19H23NO/c1-3-6-15-9-11-16(12-10-15)20-19-14(2)13-21-18-8-5-4-7-17(18)19/h4-5,7-12,14,19-20H,3,6,13H2,1-2H3. The van der Waals surface area contributed by atoms with E-state index in [-0.39, 0.29) is 0 Å². The van der Waals surface area contributed by atoms with Crippen LogP contribution in [-0.4, -0.2) is 6.61 Å². The molecule has 1 N–H and O–H groups in total. The highest BCUT2D eigenvalue weighted by Crippen LogP contribution is 2.37. The minimum absolute atomic E-state index is 0.312. The molecule has 0 aromatic heterocycles. The van der Waals surface area contributed by atoms with E-state index in [0.717, 1.165) is 18.8 Å². The lowest BCUT2D eigenvalue weighted by Gasteiger charge is -2.32. The van der Waals surface area contributed by atoms with Crippen molar-refractivity contribution in [2.45, 2.75) is 32.7 Å². The Morgan fingerprint density at radius 1 is 1.10 bits per heavy atom. The van der Waals surface area contributed by atoms with Gasteiger partial charge in [0.25, 0.3) is 0 Å². The van der Waals surface area contributed by atoms with Crippen LogP contribution >= 0.6 is 0 Å². The molecule has 2 aromatic rings. The molecule has 21 heavy (non-hydrogen) atoms. The number of aryl methyl sites for hydroxylation is 1. The number of rotatable bonds is 4. The number of benzene rings is 2. The molecule has 2 aromatic carbocycles. The molecule has 110 valence electrons. The Hall–Kier alpha value is -1.96. The minimum Gasteiger partial charge on any atom is -0.493 e. The average Bonchev–Trinajstić information content (AvgIpc) is 2.52. The van der Waals surface area contributed by atoms with Crippen molar-refractivity contribution < 1.29 is 4.74 Å². The summed E-state index contributed by atoms with van der Waals surface area (Å²) in [6.45, 7) is 5.22. The molecule has 2 heteroatoms. The lowest BCUT2D eigenvalue weighted by molar-refractivity contribution is 0.214. The quantitative estimate of drug-likeness (QED) is 0.867. The fourth-order valence-corrected chi connectivity index (χ4v) is 2.95. The highest BCUT2D eigenvalue weighted by atomic mass is 16.5. The molecule has 2 atom stereocenters. The number of nitrogens with one attached hydrogen (secondary N) is 1. The number of fused-ring (bicyclic) bond motifs is 1. The molecule has 3 rings (SSSR count). The molecule has 0 saturated heterocycles. The molecular weight excluding hydrogens is 258 g/mol. The number of para-hydroxylation sites is 1. The van der Waals surface area contributed by atoms with Gasteiger partial charge in [0.15, 0.2) is 0 Å². The van der Waals surface area contributed by atoms with Gasteiger partial charge in [0, 0.05) is 17.2 Å². The first-order valence-electron chi connectivity index (χ1n) is 7.85. The maximum Gasteiger partial charge on any atom is 0.124 e. The Kier molecular flexibility index (Phi) is 4.14. The fraction of sp³-hybridized carbons (Fsp3) is 0.368. The second kappa shape index (κ2) is 6.21. The second-order valence-electron chi connectivity index (χ2n) is 5.90. The highest BCUT2D eigenvalue weighted by molar-refractivity contribution is 5.50. The van der Waals surface area contributed by atoms with Gasteiger partial charge < -0.3 is 10.1 Å². The third kappa shape index (κ3) is 3.05. The van der Waals surface area contributed by atoms with Crippen LogP contribution < -0.4 is 10.1 Å². The Morgan fingerprint density at radius 3 is 2.62 bits per heavy atom. The Labute approximate surface area is 127 Å². The van der Waals surface area contributed by atoms with Crippen LogP contribution in [0.25, 0.3) is 0 Å². The molecule has 0 saturated carbocycles. The number of anilines is 1. The molecule has 2 unspecified atom stereocenters. The van der Waals surface area contributed by atoms with E-state index in [2.05, 4.69) is 61.6 Å². The van der Waals surface area contributed by atoms with Crippen LogP contribution in [0.4, 0.5) is 5.69 Å². The Balaban J connectivity index is 1.80. The Bertz CT molecular complexity index is 591. The summed E-state index contributed by atoms with van der Waals surface area (Å²) in [7, 11) is 0. The minimum atomic E-state index is 0.312. The van der Waals surface area contributed by atoms with Gasteiger partial charge >= 0.3 is 0 Å². The van der Waals surface area contributed by atoms with Crippen LogP contribution in [0.5, 0.6) is 5.75 Å². The smallest absolute Gasteiger partial charge is 0.124 e. The first kappa shape index (κ1) is 14.0. The summed E-state index contributed by atoms with van der Waals surface area (Å²) in [5.74, 6) is 1.46. The molecule has 0 aliphatic carbocycles. The van der Waals surface area contributed by atoms with Gasteiger partial charge in [-0.1, -0.05) is 50.6 Å². The predicted octanol–water partition coefficient (Wildman–Crippen LogP) is 4.82. The monoisotopic (exact) mass is 281 g/mol. The topological polar surface area (TPSA) is 21.3 Å². The maximum absolute atomic E-state index is 5.81. The number of hydrogen-bond acceptors (Lipinski definition) is 2. The fourth-order valence-electron chi connectivity index (χ4n) is 2.95. The van der Waals surface area contributed by atoms with Crippen molar-refractivity contribution in [2.24, 2.45) is 5.92 Å². The maximum atomic E-state index is 5.81. The van der Waals surface area contributed by atoms with Crippen molar-refractivity contribution in [1.29, 1.82) is 0 Å². The molecule has 0 amide bonds. The molecule has 2 nitrogen and oxygen atoms in total. The summed E-state index contributed by atoms with van der Waals surface area (Å²) in [4.78, 5) is 0. The molecule has 0 radical (unpaired) electrons. The van der Waals surface area contributed by atoms with E-state index in [1.54, 1.807) is 0 Å². The number of hydrogen-bond donors (Lipinski definition) is 1. The summed E-state index contributed by atoms with van der Waals surface area (Å²) >= 11 is 0. The lowest BCUT2D eigenvalue weighted by atomic mass is 9.91. The zero-order chi connectivity index (χ0) is 14.7. The van der Waals surface area contributed by atoms with Gasteiger partial charge in [-0.05, 0) is 30.2 Å². The molecule has 0 spiro atoms. The van der Waals surface area contributed by atoms with Crippen molar-refractivity contribution in [3.05, 3.63) is 59.7 Å². The van der Waals surface area contributed by atoms with Crippen molar-refractivity contribution in [1.82, 2.24) is 0 Å². The van der Waals surface area contributed by atoms with E-state index in [0.29, 0.717) is 12.0 Å². The summed E-state index contributed by atoms with van der Waals surface area (Å²) < 4.78 is 5.81. The molecule has 1 aliphatic heterocycles. The highest BCUT2D eigenvalue weighted by Gasteiger charge is 2.27. The van der Waals surface area contributed by atoms with E-state index in [1.807, 2.05) is 6.07 Å². The van der Waals surface area contributed by atoms with E-state index in [4.69, 9.17) is 4.74 Å². The zero-order valence-electron chi connectivity index (χ0n) is 12.8. The van der Waals surface area contributed by atoms with Crippen LogP contribution in [0.1, 0.15) is 37.4 Å². The van der Waals surface area contributed by atoms with Crippen molar-refractivity contribution >= 4 is 5.69 Å². The van der Waals surface area contributed by atoms with Crippen LogP contribution in [0.3, 0.4) is 0 Å². The van der Waals surface area contributed by atoms with Crippen LogP contribution in [0, 0.1) is 5.92 Å². The normalized spacial score (nSPS) is 20.5. The summed E-state index contributed by atoms with van der Waals surface area (Å²) in [5, 5.41) is 3.68. The van der Waals surface area contributed by atoms with Crippen LogP contribution in [0.15, 0.2) is 48.5 Å². The average molecular weight is 281 g/mol. The van der Waals surface area contributed by atoms with Gasteiger partial charge in [-0.2, -0.15) is 0 Å². The van der Waals surface area contributed by atoms with Gasteiger partial charge in [-0.3, -0.25) is 0 Å². The molecule has 0 fully saturated rings. The molecule has 1 heterocycles. The molecule has 1 aliphatic rings. The van der Waals surface area contributed by atoms with Crippen molar-refractivity contribution in [3.8, 4) is 5.75 Å². The predicted molar refractivity (Wildman–Crippen MR) is 87.9 cm³/mol. The van der Waals surface area contributed by atoms with E-state index >= 15 is 0 Å². The van der Waals surface area contributed by atoms with E-state index < -0.39 is 0 Å². The summed E-state index contributed by atoms with van der Waals surface area (Å²) in [5.41, 5.74) is 3.85. The van der Waals surface area contributed by atoms with Gasteiger partial charge in [0.2, 0.25) is 0 Å². The zero-order valence-corrected chi connectivity index (χ0v) is 12.8. The van der Waals surface area contributed by atoms with Gasteiger partial charge in [0.1, 0.15) is 5.75 Å².